The molecular formula is C21H27N3O2. The summed E-state index contributed by atoms with van der Waals surface area (Å²) >= 11 is 0. The van der Waals surface area contributed by atoms with Crippen LogP contribution in [-0.2, 0) is 11.3 Å². The van der Waals surface area contributed by atoms with Gasteiger partial charge in [0.2, 0.25) is 0 Å². The molecule has 0 bridgehead atoms. The van der Waals surface area contributed by atoms with E-state index in [0.717, 1.165) is 38.4 Å². The number of para-hydroxylation sites is 1. The number of nitrogens with zero attached hydrogens (tertiary/aromatic N) is 2. The predicted molar refractivity (Wildman–Crippen MR) is 104 cm³/mol. The van der Waals surface area contributed by atoms with Crippen LogP contribution in [0.2, 0.25) is 0 Å². The zero-order valence-electron chi connectivity index (χ0n) is 15.5. The van der Waals surface area contributed by atoms with E-state index in [9.17, 15) is 4.79 Å². The van der Waals surface area contributed by atoms with E-state index in [2.05, 4.69) is 34.3 Å². The van der Waals surface area contributed by atoms with Crippen molar-refractivity contribution < 1.29 is 9.53 Å². The Morgan fingerprint density at radius 1 is 1.04 bits per heavy atom. The maximum Gasteiger partial charge on any atom is 0.265 e. The van der Waals surface area contributed by atoms with Gasteiger partial charge >= 0.3 is 0 Å². The fourth-order valence-electron chi connectivity index (χ4n) is 2.96. The number of rotatable bonds is 6. The summed E-state index contributed by atoms with van der Waals surface area (Å²) in [6.45, 7) is 7.15. The van der Waals surface area contributed by atoms with Crippen LogP contribution >= 0.6 is 0 Å². The van der Waals surface area contributed by atoms with Gasteiger partial charge in [0, 0.05) is 38.4 Å². The summed E-state index contributed by atoms with van der Waals surface area (Å²) in [6.07, 6.45) is -0.553. The molecule has 26 heavy (non-hydrogen) atoms. The van der Waals surface area contributed by atoms with Crippen molar-refractivity contribution in [3.63, 3.8) is 0 Å². The molecule has 0 aromatic heterocycles. The molecule has 1 heterocycles. The van der Waals surface area contributed by atoms with Crippen molar-refractivity contribution >= 4 is 11.6 Å². The van der Waals surface area contributed by atoms with Crippen molar-refractivity contribution in [3.8, 4) is 5.75 Å². The van der Waals surface area contributed by atoms with Crippen LogP contribution < -0.4 is 10.1 Å². The molecule has 0 radical (unpaired) electrons. The van der Waals surface area contributed by atoms with Crippen molar-refractivity contribution in [2.24, 2.45) is 0 Å². The third-order valence-corrected chi connectivity index (χ3v) is 4.65. The summed E-state index contributed by atoms with van der Waals surface area (Å²) in [5.74, 6) is 0.540. The normalized spacial score (nSPS) is 16.8. The number of nitrogens with one attached hydrogen (secondary N) is 1. The SMILES string of the molecule is CC(Oc1ccccc1)C(=O)Nc1ccc(CN2CCN(C)CC2)cc1. The van der Waals surface area contributed by atoms with Gasteiger partial charge in [0.15, 0.2) is 6.10 Å². The largest absolute Gasteiger partial charge is 0.481 e. The average molecular weight is 353 g/mol. The molecule has 1 aliphatic heterocycles. The lowest BCUT2D eigenvalue weighted by Crippen LogP contribution is -2.43. The first-order valence-corrected chi connectivity index (χ1v) is 9.12. The molecule has 5 nitrogen and oxygen atoms in total. The fraction of sp³-hybridized carbons (Fsp3) is 0.381. The maximum atomic E-state index is 12.3. The molecule has 2 aromatic carbocycles. The molecule has 2 aromatic rings. The molecule has 1 amide bonds. The van der Waals surface area contributed by atoms with Gasteiger partial charge in [-0.2, -0.15) is 0 Å². The fourth-order valence-corrected chi connectivity index (χ4v) is 2.96. The summed E-state index contributed by atoms with van der Waals surface area (Å²) in [7, 11) is 2.16. The molecule has 5 heteroatoms. The summed E-state index contributed by atoms with van der Waals surface area (Å²) in [5, 5.41) is 2.91. The highest BCUT2D eigenvalue weighted by molar-refractivity contribution is 5.94. The molecular weight excluding hydrogens is 326 g/mol. The van der Waals surface area contributed by atoms with Crippen molar-refractivity contribution in [1.82, 2.24) is 9.80 Å². The second kappa shape index (κ2) is 8.83. The number of piperazine rings is 1. The van der Waals surface area contributed by atoms with Crippen molar-refractivity contribution in [2.45, 2.75) is 19.6 Å². The van der Waals surface area contributed by atoms with Crippen LogP contribution in [0.15, 0.2) is 54.6 Å². The highest BCUT2D eigenvalue weighted by atomic mass is 16.5. The Labute approximate surface area is 155 Å². The minimum Gasteiger partial charge on any atom is -0.481 e. The maximum absolute atomic E-state index is 12.3. The quantitative estimate of drug-likeness (QED) is 0.867. The summed E-state index contributed by atoms with van der Waals surface area (Å²) in [5.41, 5.74) is 2.06. The topological polar surface area (TPSA) is 44.8 Å². The van der Waals surface area contributed by atoms with Crippen LogP contribution in [0.1, 0.15) is 12.5 Å². The third-order valence-electron chi connectivity index (χ3n) is 4.65. The molecule has 1 unspecified atom stereocenters. The van der Waals surface area contributed by atoms with E-state index >= 15 is 0 Å². The monoisotopic (exact) mass is 353 g/mol. The van der Waals surface area contributed by atoms with Gasteiger partial charge in [0.1, 0.15) is 5.75 Å². The average Bonchev–Trinajstić information content (AvgIpc) is 2.66. The Morgan fingerprint density at radius 2 is 1.69 bits per heavy atom. The number of amides is 1. The molecule has 0 aliphatic carbocycles. The molecule has 138 valence electrons. The number of anilines is 1. The van der Waals surface area contributed by atoms with E-state index < -0.39 is 6.10 Å². The van der Waals surface area contributed by atoms with Gasteiger partial charge in [0.05, 0.1) is 0 Å². The molecule has 1 atom stereocenters. The minimum atomic E-state index is -0.553. The Balaban J connectivity index is 1.49. The summed E-state index contributed by atoms with van der Waals surface area (Å²) < 4.78 is 5.66. The third kappa shape index (κ3) is 5.31. The number of hydrogen-bond donors (Lipinski definition) is 1. The summed E-state index contributed by atoms with van der Waals surface area (Å²) in [4.78, 5) is 17.1. The summed E-state index contributed by atoms with van der Waals surface area (Å²) in [6, 6.07) is 17.5. The van der Waals surface area contributed by atoms with Gasteiger partial charge in [-0.3, -0.25) is 9.69 Å². The lowest BCUT2D eigenvalue weighted by molar-refractivity contribution is -0.122. The second-order valence-electron chi connectivity index (χ2n) is 6.84. The van der Waals surface area contributed by atoms with Gasteiger partial charge in [-0.05, 0) is 43.8 Å². The van der Waals surface area contributed by atoms with Gasteiger partial charge in [-0.25, -0.2) is 0 Å². The van der Waals surface area contributed by atoms with Crippen molar-refractivity contribution in [1.29, 1.82) is 0 Å². The Morgan fingerprint density at radius 3 is 2.35 bits per heavy atom. The number of carbonyl (C=O) groups is 1. The highest BCUT2D eigenvalue weighted by Gasteiger charge is 2.16. The lowest BCUT2D eigenvalue weighted by Gasteiger charge is -2.32. The molecule has 1 fully saturated rings. The molecule has 1 aliphatic rings. The van der Waals surface area contributed by atoms with Crippen LogP contribution in [0.4, 0.5) is 5.69 Å². The first-order valence-electron chi connectivity index (χ1n) is 9.12. The van der Waals surface area contributed by atoms with E-state index in [4.69, 9.17) is 4.74 Å². The number of ether oxygens (including phenoxy) is 1. The van der Waals surface area contributed by atoms with Crippen LogP contribution in [-0.4, -0.2) is 55.0 Å². The zero-order chi connectivity index (χ0) is 18.4. The molecule has 0 spiro atoms. The number of benzene rings is 2. The molecule has 0 saturated carbocycles. The van der Waals surface area contributed by atoms with Gasteiger partial charge < -0.3 is 15.0 Å². The van der Waals surface area contributed by atoms with Gasteiger partial charge in [0.25, 0.3) is 5.91 Å². The van der Waals surface area contributed by atoms with Gasteiger partial charge in [-0.1, -0.05) is 30.3 Å². The van der Waals surface area contributed by atoms with Crippen LogP contribution in [0.25, 0.3) is 0 Å². The Kier molecular flexibility index (Phi) is 6.26. The smallest absolute Gasteiger partial charge is 0.265 e. The second-order valence-corrected chi connectivity index (χ2v) is 6.84. The van der Waals surface area contributed by atoms with E-state index in [-0.39, 0.29) is 5.91 Å². The van der Waals surface area contributed by atoms with E-state index in [1.54, 1.807) is 6.92 Å². The van der Waals surface area contributed by atoms with Crippen LogP contribution in [0.5, 0.6) is 5.75 Å². The lowest BCUT2D eigenvalue weighted by atomic mass is 10.1. The van der Waals surface area contributed by atoms with Crippen molar-refractivity contribution in [2.75, 3.05) is 38.5 Å². The van der Waals surface area contributed by atoms with Crippen LogP contribution in [0.3, 0.4) is 0 Å². The molecule has 1 N–H and O–H groups in total. The Bertz CT molecular complexity index is 695. The highest BCUT2D eigenvalue weighted by Crippen LogP contribution is 2.15. The first kappa shape index (κ1) is 18.4. The van der Waals surface area contributed by atoms with E-state index in [1.165, 1.54) is 5.56 Å². The predicted octanol–water partition coefficient (Wildman–Crippen LogP) is 2.84. The Hall–Kier alpha value is -2.37. The standard InChI is InChI=1S/C21H27N3O2/c1-17(26-20-6-4-3-5-7-20)21(25)22-19-10-8-18(9-11-19)16-24-14-12-23(2)13-15-24/h3-11,17H,12-16H2,1-2H3,(H,22,25). The van der Waals surface area contributed by atoms with E-state index in [0.29, 0.717) is 5.75 Å². The van der Waals surface area contributed by atoms with Crippen molar-refractivity contribution in [3.05, 3.63) is 60.2 Å². The molecule has 3 rings (SSSR count). The molecule has 1 saturated heterocycles. The number of likely N-dealkylation sites (N-methyl/N-ethyl adjacent to an activating group) is 1. The zero-order valence-corrected chi connectivity index (χ0v) is 15.5. The first-order chi connectivity index (χ1) is 12.6. The van der Waals surface area contributed by atoms with E-state index in [1.807, 2.05) is 42.5 Å². The minimum absolute atomic E-state index is 0.152. The van der Waals surface area contributed by atoms with Crippen LogP contribution in [0, 0.1) is 0 Å². The number of carbonyl (C=O) groups excluding carboxylic acids is 1. The van der Waals surface area contributed by atoms with Gasteiger partial charge in [-0.15, -0.1) is 0 Å². The number of hydrogen-bond acceptors (Lipinski definition) is 4.